The number of rotatable bonds is 1. The van der Waals surface area contributed by atoms with Gasteiger partial charge in [-0.05, 0) is 31.5 Å². The van der Waals surface area contributed by atoms with E-state index in [9.17, 15) is 9.18 Å². The second-order valence-corrected chi connectivity index (χ2v) is 6.14. The molecule has 4 nitrogen and oxygen atoms in total. The Balaban J connectivity index is 1.67. The standard InChI is InChI=1S/C16H19FN2O2/c17-12-10-13(11-4-2-1-3-5-11)19-14(12)21-16(15(19)20)6-8-18-9-7-16/h1-5,12-14,18H,6-10H2/t12-,13-,14+/m0/s1. The van der Waals surface area contributed by atoms with Gasteiger partial charge in [-0.3, -0.25) is 4.79 Å². The van der Waals surface area contributed by atoms with Crippen molar-refractivity contribution in [2.45, 2.75) is 43.3 Å². The highest BCUT2D eigenvalue weighted by atomic mass is 19.1. The molecule has 112 valence electrons. The summed E-state index contributed by atoms with van der Waals surface area (Å²) in [6, 6.07) is 9.50. The van der Waals surface area contributed by atoms with Gasteiger partial charge in [0, 0.05) is 6.42 Å². The summed E-state index contributed by atoms with van der Waals surface area (Å²) in [7, 11) is 0. The van der Waals surface area contributed by atoms with Crippen LogP contribution in [0.2, 0.25) is 0 Å². The van der Waals surface area contributed by atoms with Crippen molar-refractivity contribution in [1.82, 2.24) is 10.2 Å². The number of carbonyl (C=O) groups excluding carboxylic acids is 1. The molecule has 3 saturated heterocycles. The summed E-state index contributed by atoms with van der Waals surface area (Å²) in [5, 5.41) is 3.23. The van der Waals surface area contributed by atoms with Crippen LogP contribution in [0, 0.1) is 0 Å². The summed E-state index contributed by atoms with van der Waals surface area (Å²) >= 11 is 0. The molecule has 1 aromatic rings. The van der Waals surface area contributed by atoms with Gasteiger partial charge in [-0.25, -0.2) is 4.39 Å². The summed E-state index contributed by atoms with van der Waals surface area (Å²) < 4.78 is 20.3. The molecule has 3 atom stereocenters. The van der Waals surface area contributed by atoms with Crippen molar-refractivity contribution in [3.05, 3.63) is 35.9 Å². The zero-order valence-electron chi connectivity index (χ0n) is 11.8. The predicted octanol–water partition coefficient (Wildman–Crippen LogP) is 1.78. The predicted molar refractivity (Wildman–Crippen MR) is 75.2 cm³/mol. The smallest absolute Gasteiger partial charge is 0.257 e. The Morgan fingerprint density at radius 2 is 1.95 bits per heavy atom. The highest BCUT2D eigenvalue weighted by Crippen LogP contribution is 2.47. The first kappa shape index (κ1) is 13.2. The van der Waals surface area contributed by atoms with Crippen molar-refractivity contribution in [3.63, 3.8) is 0 Å². The van der Waals surface area contributed by atoms with E-state index < -0.39 is 18.0 Å². The van der Waals surface area contributed by atoms with Crippen molar-refractivity contribution in [2.75, 3.05) is 13.1 Å². The number of nitrogens with one attached hydrogen (secondary N) is 1. The van der Waals surface area contributed by atoms with Gasteiger partial charge in [-0.15, -0.1) is 0 Å². The molecule has 4 rings (SSSR count). The Kier molecular flexibility index (Phi) is 3.01. The number of hydrogen-bond donors (Lipinski definition) is 1. The summed E-state index contributed by atoms with van der Waals surface area (Å²) in [4.78, 5) is 14.6. The van der Waals surface area contributed by atoms with Gasteiger partial charge in [0.15, 0.2) is 11.8 Å². The number of piperidine rings is 1. The van der Waals surface area contributed by atoms with E-state index in [1.165, 1.54) is 0 Å². The van der Waals surface area contributed by atoms with Crippen LogP contribution in [0.3, 0.4) is 0 Å². The average molecular weight is 290 g/mol. The van der Waals surface area contributed by atoms with Crippen molar-refractivity contribution < 1.29 is 13.9 Å². The van der Waals surface area contributed by atoms with Crippen molar-refractivity contribution in [3.8, 4) is 0 Å². The Hall–Kier alpha value is -1.46. The fraction of sp³-hybridized carbons (Fsp3) is 0.562. The molecule has 21 heavy (non-hydrogen) atoms. The van der Waals surface area contributed by atoms with Crippen LogP contribution in [0.4, 0.5) is 4.39 Å². The second kappa shape index (κ2) is 4.78. The van der Waals surface area contributed by atoms with Gasteiger partial charge in [-0.2, -0.15) is 0 Å². The molecule has 0 saturated carbocycles. The minimum Gasteiger partial charge on any atom is -0.339 e. The molecule has 0 aliphatic carbocycles. The molecule has 0 unspecified atom stereocenters. The van der Waals surface area contributed by atoms with Gasteiger partial charge in [0.25, 0.3) is 5.91 Å². The van der Waals surface area contributed by atoms with Crippen molar-refractivity contribution in [1.29, 1.82) is 0 Å². The van der Waals surface area contributed by atoms with E-state index in [0.29, 0.717) is 19.3 Å². The molecule has 1 N–H and O–H groups in total. The van der Waals surface area contributed by atoms with Gasteiger partial charge < -0.3 is 15.0 Å². The number of halogens is 1. The molecular formula is C16H19FN2O2. The fourth-order valence-corrected chi connectivity index (χ4v) is 3.83. The summed E-state index contributed by atoms with van der Waals surface area (Å²) in [5.74, 6) is -0.0250. The van der Waals surface area contributed by atoms with Crippen LogP contribution in [0.15, 0.2) is 30.3 Å². The average Bonchev–Trinajstić information content (AvgIpc) is 2.98. The molecule has 1 aromatic carbocycles. The van der Waals surface area contributed by atoms with Crippen LogP contribution in [0.25, 0.3) is 0 Å². The Bertz CT molecular complexity index is 544. The maximum Gasteiger partial charge on any atom is 0.257 e. The molecule has 1 amide bonds. The highest BCUT2D eigenvalue weighted by Gasteiger charge is 2.60. The highest BCUT2D eigenvalue weighted by molar-refractivity contribution is 5.88. The van der Waals surface area contributed by atoms with E-state index in [2.05, 4.69) is 5.32 Å². The van der Waals surface area contributed by atoms with Gasteiger partial charge in [-0.1, -0.05) is 30.3 Å². The Labute approximate surface area is 123 Å². The van der Waals surface area contributed by atoms with Crippen molar-refractivity contribution >= 4 is 5.91 Å². The van der Waals surface area contributed by atoms with Crippen LogP contribution in [0.1, 0.15) is 30.9 Å². The summed E-state index contributed by atoms with van der Waals surface area (Å²) in [5.41, 5.74) is 0.193. The quantitative estimate of drug-likeness (QED) is 0.857. The van der Waals surface area contributed by atoms with E-state index in [-0.39, 0.29) is 11.9 Å². The Morgan fingerprint density at radius 1 is 1.24 bits per heavy atom. The molecule has 3 heterocycles. The van der Waals surface area contributed by atoms with E-state index >= 15 is 0 Å². The van der Waals surface area contributed by atoms with E-state index in [4.69, 9.17) is 4.74 Å². The molecule has 0 bridgehead atoms. The summed E-state index contributed by atoms with van der Waals surface area (Å²) in [6.07, 6.45) is -0.219. The lowest BCUT2D eigenvalue weighted by Crippen LogP contribution is -2.49. The van der Waals surface area contributed by atoms with Crippen LogP contribution in [-0.4, -0.2) is 41.9 Å². The van der Waals surface area contributed by atoms with E-state index in [1.54, 1.807) is 4.90 Å². The molecule has 0 aromatic heterocycles. The first-order valence-corrected chi connectivity index (χ1v) is 7.62. The molecule has 1 spiro atoms. The van der Waals surface area contributed by atoms with E-state index in [1.807, 2.05) is 30.3 Å². The maximum absolute atomic E-state index is 14.4. The first-order valence-electron chi connectivity index (χ1n) is 7.62. The molecule has 3 aliphatic heterocycles. The maximum atomic E-state index is 14.4. The number of alkyl halides is 1. The third kappa shape index (κ3) is 1.91. The third-order valence-electron chi connectivity index (χ3n) is 4.93. The van der Waals surface area contributed by atoms with E-state index in [0.717, 1.165) is 18.7 Å². The summed E-state index contributed by atoms with van der Waals surface area (Å²) in [6.45, 7) is 1.50. The third-order valence-corrected chi connectivity index (χ3v) is 4.93. The van der Waals surface area contributed by atoms with Crippen LogP contribution in [-0.2, 0) is 9.53 Å². The monoisotopic (exact) mass is 290 g/mol. The SMILES string of the molecule is O=C1N2[C@H](OC13CCNCC3)[C@@H](F)C[C@H]2c1ccccc1. The first-order chi connectivity index (χ1) is 10.2. The number of nitrogens with zero attached hydrogens (tertiary/aromatic N) is 1. The molecular weight excluding hydrogens is 271 g/mol. The Morgan fingerprint density at radius 3 is 2.67 bits per heavy atom. The van der Waals surface area contributed by atoms with Crippen LogP contribution < -0.4 is 5.32 Å². The number of carbonyl (C=O) groups is 1. The lowest BCUT2D eigenvalue weighted by atomic mass is 9.90. The van der Waals surface area contributed by atoms with Gasteiger partial charge in [0.1, 0.15) is 6.17 Å². The lowest BCUT2D eigenvalue weighted by molar-refractivity contribution is -0.141. The van der Waals surface area contributed by atoms with Gasteiger partial charge in [0.2, 0.25) is 0 Å². The molecule has 0 radical (unpaired) electrons. The largest absolute Gasteiger partial charge is 0.339 e. The lowest BCUT2D eigenvalue weighted by Gasteiger charge is -2.32. The van der Waals surface area contributed by atoms with Gasteiger partial charge in [0.05, 0.1) is 6.04 Å². The van der Waals surface area contributed by atoms with Gasteiger partial charge >= 0.3 is 0 Å². The van der Waals surface area contributed by atoms with Crippen LogP contribution >= 0.6 is 0 Å². The minimum absolute atomic E-state index is 0.0250. The number of fused-ring (bicyclic) bond motifs is 1. The minimum atomic E-state index is -1.10. The topological polar surface area (TPSA) is 41.6 Å². The molecule has 3 fully saturated rings. The number of benzene rings is 1. The molecule has 3 aliphatic rings. The number of ether oxygens (including phenoxy) is 1. The van der Waals surface area contributed by atoms with Crippen molar-refractivity contribution in [2.24, 2.45) is 0 Å². The molecule has 5 heteroatoms. The number of amides is 1. The zero-order chi connectivity index (χ0) is 14.4. The number of hydrogen-bond acceptors (Lipinski definition) is 3. The zero-order valence-corrected chi connectivity index (χ0v) is 11.8. The van der Waals surface area contributed by atoms with Crippen LogP contribution in [0.5, 0.6) is 0 Å². The fourth-order valence-electron chi connectivity index (χ4n) is 3.83. The second-order valence-electron chi connectivity index (χ2n) is 6.14. The normalized spacial score (nSPS) is 34.4.